The second-order valence-corrected chi connectivity index (χ2v) is 11.3. The van der Waals surface area contributed by atoms with Crippen molar-refractivity contribution in [2.45, 2.75) is 25.3 Å². The van der Waals surface area contributed by atoms with Crippen molar-refractivity contribution in [2.75, 3.05) is 33.9 Å². The van der Waals surface area contributed by atoms with E-state index in [4.69, 9.17) is 9.47 Å². The third kappa shape index (κ3) is 5.99. The van der Waals surface area contributed by atoms with Gasteiger partial charge in [-0.25, -0.2) is 15.0 Å². The quantitative estimate of drug-likeness (QED) is 0.244. The molecule has 1 aliphatic heterocycles. The number of alkyl halides is 3. The standard InChI is InChI=1S/C33H30F3N9O3/c1-47-22-7-8-25-27(14-22)45(32(42-25)33(34,35)36)19-29(46)44-12-11-43(17-21-15-37-9-10-38-21)18-28(44)30-39-16-26(40-30)23-13-20-5-3-4-6-24(20)41-31(23)48-2/h3-10,13-16,28H,11-12,17-19H2,1-2H3,(H,39,40)/t28-/m0/s1. The molecular weight excluding hydrogens is 627 g/mol. The van der Waals surface area contributed by atoms with Gasteiger partial charge in [0.2, 0.25) is 17.6 Å². The molecule has 15 heteroatoms. The molecule has 1 atom stereocenters. The SMILES string of the molecule is COc1ccc2nc(C(F)(F)F)n(CC(=O)N3CCN(Cc4cnccn4)C[C@H]3c3ncc(-c4cc5ccccc5nc4OC)[nH]3)c2c1. The van der Waals surface area contributed by atoms with Crippen LogP contribution in [0.5, 0.6) is 11.6 Å². The van der Waals surface area contributed by atoms with Crippen molar-refractivity contribution in [3.8, 4) is 22.9 Å². The highest BCUT2D eigenvalue weighted by molar-refractivity contribution is 5.86. The van der Waals surface area contributed by atoms with E-state index in [0.29, 0.717) is 48.3 Å². The van der Waals surface area contributed by atoms with Crippen molar-refractivity contribution >= 4 is 27.8 Å². The summed E-state index contributed by atoms with van der Waals surface area (Å²) in [5, 5.41) is 0.902. The largest absolute Gasteiger partial charge is 0.497 e. The van der Waals surface area contributed by atoms with Gasteiger partial charge in [-0.3, -0.25) is 19.7 Å². The average Bonchev–Trinajstić information content (AvgIpc) is 3.73. The highest BCUT2D eigenvalue weighted by Gasteiger charge is 2.40. The normalized spacial score (nSPS) is 15.7. The van der Waals surface area contributed by atoms with Crippen LogP contribution in [0.1, 0.15) is 23.4 Å². The number of methoxy groups -OCH3 is 2. The van der Waals surface area contributed by atoms with E-state index in [9.17, 15) is 18.0 Å². The zero-order valence-electron chi connectivity index (χ0n) is 26.0. The summed E-state index contributed by atoms with van der Waals surface area (Å²) in [4.78, 5) is 42.8. The number of aromatic amines is 1. The smallest absolute Gasteiger partial charge is 0.449 e. The van der Waals surface area contributed by atoms with E-state index in [1.54, 1.807) is 29.7 Å². The molecule has 0 unspecified atom stereocenters. The zero-order chi connectivity index (χ0) is 33.4. The van der Waals surface area contributed by atoms with E-state index in [1.807, 2.05) is 30.3 Å². The fourth-order valence-electron chi connectivity index (χ4n) is 6.08. The number of benzene rings is 2. The molecule has 1 aliphatic rings. The predicted molar refractivity (Wildman–Crippen MR) is 169 cm³/mol. The molecule has 7 rings (SSSR count). The van der Waals surface area contributed by atoms with Crippen LogP contribution in [0, 0.1) is 0 Å². The number of hydrogen-bond acceptors (Lipinski definition) is 9. The Kier molecular flexibility index (Phi) is 8.12. The predicted octanol–water partition coefficient (Wildman–Crippen LogP) is 4.89. The minimum Gasteiger partial charge on any atom is -0.497 e. The highest BCUT2D eigenvalue weighted by atomic mass is 19.4. The monoisotopic (exact) mass is 657 g/mol. The molecule has 48 heavy (non-hydrogen) atoms. The van der Waals surface area contributed by atoms with Crippen molar-refractivity contribution in [3.63, 3.8) is 0 Å². The first-order valence-electron chi connectivity index (χ1n) is 15.1. The molecule has 0 saturated carbocycles. The maximum absolute atomic E-state index is 14.2. The van der Waals surface area contributed by atoms with Crippen LogP contribution in [0.4, 0.5) is 13.2 Å². The average molecular weight is 658 g/mol. The number of pyridine rings is 1. The van der Waals surface area contributed by atoms with E-state index >= 15 is 0 Å². The van der Waals surface area contributed by atoms with Crippen LogP contribution in [0.3, 0.4) is 0 Å². The fraction of sp³-hybridized carbons (Fsp3) is 0.273. The van der Waals surface area contributed by atoms with Crippen LogP contribution in [0.2, 0.25) is 0 Å². The molecule has 4 aromatic heterocycles. The molecule has 0 spiro atoms. The van der Waals surface area contributed by atoms with Crippen LogP contribution in [-0.2, 0) is 24.1 Å². The van der Waals surface area contributed by atoms with Gasteiger partial charge in [-0.15, -0.1) is 0 Å². The number of ether oxygens (including phenoxy) is 2. The van der Waals surface area contributed by atoms with Crippen molar-refractivity contribution in [1.29, 1.82) is 0 Å². The van der Waals surface area contributed by atoms with Gasteiger partial charge in [0.05, 0.1) is 53.9 Å². The van der Waals surface area contributed by atoms with Crippen molar-refractivity contribution in [3.05, 3.63) is 90.7 Å². The first kappa shape index (κ1) is 31.1. The molecule has 0 bridgehead atoms. The third-order valence-electron chi connectivity index (χ3n) is 8.37. The molecule has 1 saturated heterocycles. The Labute approximate surface area is 272 Å². The molecule has 5 heterocycles. The summed E-state index contributed by atoms with van der Waals surface area (Å²) < 4.78 is 54.3. The van der Waals surface area contributed by atoms with Gasteiger partial charge in [0.1, 0.15) is 24.2 Å². The number of para-hydroxylation sites is 1. The van der Waals surface area contributed by atoms with Crippen LogP contribution < -0.4 is 9.47 Å². The van der Waals surface area contributed by atoms with E-state index in [-0.39, 0.29) is 17.6 Å². The topological polar surface area (TPSA) is 127 Å². The Balaban J connectivity index is 1.24. The molecule has 1 amide bonds. The molecule has 12 nitrogen and oxygen atoms in total. The van der Waals surface area contributed by atoms with E-state index < -0.39 is 30.5 Å². The number of halogens is 3. The number of piperazine rings is 1. The lowest BCUT2D eigenvalue weighted by Gasteiger charge is -2.40. The van der Waals surface area contributed by atoms with E-state index in [1.165, 1.54) is 32.4 Å². The van der Waals surface area contributed by atoms with Gasteiger partial charge < -0.3 is 23.9 Å². The summed E-state index contributed by atoms with van der Waals surface area (Å²) in [6.45, 7) is 0.909. The van der Waals surface area contributed by atoms with Gasteiger partial charge in [0.25, 0.3) is 0 Å². The van der Waals surface area contributed by atoms with E-state index in [2.05, 4.69) is 34.8 Å². The highest BCUT2D eigenvalue weighted by Crippen LogP contribution is 2.35. The molecule has 1 N–H and O–H groups in total. The van der Waals surface area contributed by atoms with Crippen LogP contribution in [-0.4, -0.2) is 84.0 Å². The number of imidazole rings is 2. The molecular formula is C33H30F3N9O3. The second-order valence-electron chi connectivity index (χ2n) is 11.3. The summed E-state index contributed by atoms with van der Waals surface area (Å²) in [7, 11) is 2.96. The number of nitrogens with zero attached hydrogens (tertiary/aromatic N) is 8. The van der Waals surface area contributed by atoms with Crippen LogP contribution in [0.15, 0.2) is 73.3 Å². The Bertz CT molecular complexity index is 2100. The van der Waals surface area contributed by atoms with Gasteiger partial charge >= 0.3 is 6.18 Å². The maximum atomic E-state index is 14.2. The van der Waals surface area contributed by atoms with Crippen LogP contribution >= 0.6 is 0 Å². The van der Waals surface area contributed by atoms with Crippen molar-refractivity contribution < 1.29 is 27.4 Å². The number of nitrogens with one attached hydrogen (secondary N) is 1. The zero-order valence-corrected chi connectivity index (χ0v) is 26.0. The number of carbonyl (C=O) groups is 1. The summed E-state index contributed by atoms with van der Waals surface area (Å²) in [5.74, 6) is -0.470. The van der Waals surface area contributed by atoms with Gasteiger partial charge in [-0.1, -0.05) is 18.2 Å². The Morgan fingerprint density at radius 1 is 0.979 bits per heavy atom. The number of hydrogen-bond donors (Lipinski definition) is 1. The van der Waals surface area contributed by atoms with Crippen molar-refractivity contribution in [2.24, 2.45) is 0 Å². The van der Waals surface area contributed by atoms with Gasteiger partial charge in [-0.05, 0) is 24.3 Å². The van der Waals surface area contributed by atoms with E-state index in [0.717, 1.165) is 21.2 Å². The number of H-pyrrole nitrogens is 1. The lowest BCUT2D eigenvalue weighted by atomic mass is 10.1. The third-order valence-corrected chi connectivity index (χ3v) is 8.37. The van der Waals surface area contributed by atoms with Crippen molar-refractivity contribution in [1.82, 2.24) is 44.3 Å². The Morgan fingerprint density at radius 2 is 1.83 bits per heavy atom. The number of fused-ring (bicyclic) bond motifs is 2. The summed E-state index contributed by atoms with van der Waals surface area (Å²) in [5.41, 5.74) is 3.06. The lowest BCUT2D eigenvalue weighted by Crippen LogP contribution is -2.51. The number of carbonyl (C=O) groups excluding carboxylic acids is 1. The van der Waals surface area contributed by atoms with Gasteiger partial charge in [0.15, 0.2) is 0 Å². The molecule has 1 fully saturated rings. The molecule has 0 radical (unpaired) electrons. The second kappa shape index (κ2) is 12.6. The molecule has 2 aromatic carbocycles. The van der Waals surface area contributed by atoms with Crippen LogP contribution in [0.25, 0.3) is 33.2 Å². The van der Waals surface area contributed by atoms with Gasteiger partial charge in [-0.2, -0.15) is 13.2 Å². The first-order chi connectivity index (χ1) is 23.2. The number of aromatic nitrogens is 7. The molecule has 6 aromatic rings. The Morgan fingerprint density at radius 3 is 2.60 bits per heavy atom. The maximum Gasteiger partial charge on any atom is 0.449 e. The van der Waals surface area contributed by atoms with Gasteiger partial charge in [0, 0.05) is 56.2 Å². The number of rotatable bonds is 8. The molecule has 0 aliphatic carbocycles. The lowest BCUT2D eigenvalue weighted by molar-refractivity contribution is -0.148. The summed E-state index contributed by atoms with van der Waals surface area (Å²) in [6, 6.07) is 13.4. The minimum atomic E-state index is -4.79. The minimum absolute atomic E-state index is 0.106. The fourth-order valence-corrected chi connectivity index (χ4v) is 6.08. The summed E-state index contributed by atoms with van der Waals surface area (Å²) in [6.07, 6.45) is 1.73. The number of amides is 1. The Hall–Kier alpha value is -5.57. The molecule has 246 valence electrons. The summed E-state index contributed by atoms with van der Waals surface area (Å²) >= 11 is 0. The first-order valence-corrected chi connectivity index (χ1v) is 15.1.